The number of carbonyl (C=O) groups excluding carboxylic acids is 1. The van der Waals surface area contributed by atoms with Crippen molar-refractivity contribution in [1.82, 2.24) is 4.31 Å². The van der Waals surface area contributed by atoms with Crippen LogP contribution in [0, 0.1) is 5.82 Å². The number of hydrogen-bond acceptors (Lipinski definition) is 4. The number of piperidine rings is 1. The Labute approximate surface area is 175 Å². The molecule has 0 radical (unpaired) electrons. The highest BCUT2D eigenvalue weighted by atomic mass is 32.2. The van der Waals surface area contributed by atoms with Gasteiger partial charge in [0, 0.05) is 18.7 Å². The van der Waals surface area contributed by atoms with Gasteiger partial charge in [0.25, 0.3) is 0 Å². The first-order chi connectivity index (χ1) is 14.4. The third kappa shape index (κ3) is 3.70. The van der Waals surface area contributed by atoms with E-state index in [9.17, 15) is 17.6 Å². The van der Waals surface area contributed by atoms with Crippen LogP contribution in [-0.2, 0) is 10.0 Å². The second-order valence-corrected chi connectivity index (χ2v) is 9.26. The van der Waals surface area contributed by atoms with Crippen molar-refractivity contribution in [3.8, 4) is 5.75 Å². The molecule has 0 unspecified atom stereocenters. The molecule has 3 aromatic rings. The van der Waals surface area contributed by atoms with Crippen LogP contribution in [0.2, 0.25) is 0 Å². The Balaban J connectivity index is 1.81. The predicted molar refractivity (Wildman–Crippen MR) is 113 cm³/mol. The zero-order valence-electron chi connectivity index (χ0n) is 16.6. The highest BCUT2D eigenvalue weighted by Crippen LogP contribution is 2.32. The first-order valence-corrected chi connectivity index (χ1v) is 11.3. The average Bonchev–Trinajstić information content (AvgIpc) is 2.78. The average molecular weight is 427 g/mol. The molecule has 0 bridgehead atoms. The summed E-state index contributed by atoms with van der Waals surface area (Å²) in [5.41, 5.74) is 0.649. The van der Waals surface area contributed by atoms with E-state index in [0.29, 0.717) is 40.7 Å². The standard InChI is InChI=1S/C23H22FNO4S/c1-29-21-12-7-17-15-19(30(27,28)25-13-3-2-4-14-25)10-11-20(17)22(21)23(26)16-5-8-18(24)9-6-16/h5-12,15H,2-4,13-14H2,1H3. The van der Waals surface area contributed by atoms with E-state index in [-0.39, 0.29) is 10.7 Å². The normalized spacial score (nSPS) is 15.3. The zero-order valence-corrected chi connectivity index (χ0v) is 17.4. The summed E-state index contributed by atoms with van der Waals surface area (Å²) in [5.74, 6) is -0.364. The summed E-state index contributed by atoms with van der Waals surface area (Å²) in [7, 11) is -2.11. The van der Waals surface area contributed by atoms with Gasteiger partial charge in [-0.2, -0.15) is 4.31 Å². The minimum atomic E-state index is -3.58. The molecule has 0 N–H and O–H groups in total. The van der Waals surface area contributed by atoms with E-state index in [2.05, 4.69) is 0 Å². The Morgan fingerprint density at radius 1 is 0.967 bits per heavy atom. The molecule has 5 nitrogen and oxygen atoms in total. The lowest BCUT2D eigenvalue weighted by molar-refractivity contribution is 0.103. The zero-order chi connectivity index (χ0) is 21.3. The second-order valence-electron chi connectivity index (χ2n) is 7.33. The van der Waals surface area contributed by atoms with Crippen molar-refractivity contribution in [3.63, 3.8) is 0 Å². The van der Waals surface area contributed by atoms with Gasteiger partial charge in [-0.1, -0.05) is 18.6 Å². The van der Waals surface area contributed by atoms with Crippen LogP contribution in [0.1, 0.15) is 35.2 Å². The number of methoxy groups -OCH3 is 1. The first-order valence-electron chi connectivity index (χ1n) is 9.83. The summed E-state index contributed by atoms with van der Waals surface area (Å²) in [5, 5.41) is 1.21. The monoisotopic (exact) mass is 427 g/mol. The maximum atomic E-state index is 13.3. The highest BCUT2D eigenvalue weighted by Gasteiger charge is 2.27. The number of ketones is 1. The van der Waals surface area contributed by atoms with Crippen molar-refractivity contribution in [1.29, 1.82) is 0 Å². The number of fused-ring (bicyclic) bond motifs is 1. The van der Waals surface area contributed by atoms with Crippen LogP contribution in [0.4, 0.5) is 4.39 Å². The molecule has 1 saturated heterocycles. The van der Waals surface area contributed by atoms with Crippen LogP contribution in [0.5, 0.6) is 5.75 Å². The van der Waals surface area contributed by atoms with Crippen LogP contribution >= 0.6 is 0 Å². The summed E-state index contributed by atoms with van der Waals surface area (Å²) in [6.45, 7) is 1.05. The molecule has 30 heavy (non-hydrogen) atoms. The number of benzene rings is 3. The lowest BCUT2D eigenvalue weighted by Gasteiger charge is -2.26. The summed E-state index contributed by atoms with van der Waals surface area (Å²) in [6, 6.07) is 13.5. The first kappa shape index (κ1) is 20.5. The van der Waals surface area contributed by atoms with Crippen molar-refractivity contribution in [2.24, 2.45) is 0 Å². The minimum absolute atomic E-state index is 0.210. The number of nitrogens with zero attached hydrogens (tertiary/aromatic N) is 1. The Hall–Kier alpha value is -2.77. The Bertz CT molecular complexity index is 1200. The van der Waals surface area contributed by atoms with Crippen LogP contribution in [0.3, 0.4) is 0 Å². The van der Waals surface area contributed by atoms with Gasteiger partial charge in [0.2, 0.25) is 10.0 Å². The van der Waals surface area contributed by atoms with Gasteiger partial charge in [-0.25, -0.2) is 12.8 Å². The maximum absolute atomic E-state index is 13.3. The fourth-order valence-electron chi connectivity index (χ4n) is 3.85. The van der Waals surface area contributed by atoms with Crippen molar-refractivity contribution < 1.29 is 22.3 Å². The SMILES string of the molecule is COc1ccc2cc(S(=O)(=O)N3CCCCC3)ccc2c1C(=O)c1ccc(F)cc1. The molecule has 4 rings (SSSR count). The maximum Gasteiger partial charge on any atom is 0.243 e. The molecule has 3 aromatic carbocycles. The molecule has 0 spiro atoms. The van der Waals surface area contributed by atoms with Gasteiger partial charge in [0.15, 0.2) is 5.78 Å². The van der Waals surface area contributed by atoms with E-state index in [4.69, 9.17) is 4.74 Å². The molecule has 1 aliphatic heterocycles. The van der Waals surface area contributed by atoms with E-state index in [1.54, 1.807) is 24.3 Å². The van der Waals surface area contributed by atoms with Crippen molar-refractivity contribution in [3.05, 3.63) is 71.5 Å². The fourth-order valence-corrected chi connectivity index (χ4v) is 5.41. The summed E-state index contributed by atoms with van der Waals surface area (Å²) >= 11 is 0. The van der Waals surface area contributed by atoms with Crippen LogP contribution in [-0.4, -0.2) is 38.7 Å². The lowest BCUT2D eigenvalue weighted by atomic mass is 9.96. The summed E-state index contributed by atoms with van der Waals surface area (Å²) in [4.78, 5) is 13.4. The van der Waals surface area contributed by atoms with Crippen molar-refractivity contribution in [2.75, 3.05) is 20.2 Å². The number of hydrogen-bond donors (Lipinski definition) is 0. The molecule has 1 aliphatic rings. The van der Waals surface area contributed by atoms with Gasteiger partial charge in [-0.15, -0.1) is 0 Å². The topological polar surface area (TPSA) is 63.7 Å². The number of sulfonamides is 1. The molecule has 7 heteroatoms. The third-order valence-electron chi connectivity index (χ3n) is 5.46. The Morgan fingerprint density at radius 3 is 2.33 bits per heavy atom. The molecular formula is C23H22FNO4S. The molecular weight excluding hydrogens is 405 g/mol. The number of rotatable bonds is 5. The minimum Gasteiger partial charge on any atom is -0.496 e. The highest BCUT2D eigenvalue weighted by molar-refractivity contribution is 7.89. The summed E-state index contributed by atoms with van der Waals surface area (Å²) < 4.78 is 46.2. The van der Waals surface area contributed by atoms with Gasteiger partial charge in [0.05, 0.1) is 17.6 Å². The molecule has 0 aliphatic carbocycles. The molecule has 0 amide bonds. The molecule has 1 heterocycles. The molecule has 0 saturated carbocycles. The van der Waals surface area contributed by atoms with Gasteiger partial charge in [-0.3, -0.25) is 4.79 Å². The third-order valence-corrected chi connectivity index (χ3v) is 7.35. The van der Waals surface area contributed by atoms with E-state index >= 15 is 0 Å². The van der Waals surface area contributed by atoms with Gasteiger partial charge >= 0.3 is 0 Å². The molecule has 0 aromatic heterocycles. The summed E-state index contributed by atoms with van der Waals surface area (Å²) in [6.07, 6.45) is 2.76. The largest absolute Gasteiger partial charge is 0.496 e. The Kier molecular flexibility index (Phi) is 5.58. The molecule has 0 atom stereocenters. The predicted octanol–water partition coefficient (Wildman–Crippen LogP) is 4.39. The van der Waals surface area contributed by atoms with Crippen LogP contribution < -0.4 is 4.74 Å². The molecule has 1 fully saturated rings. The number of halogens is 1. The quantitative estimate of drug-likeness (QED) is 0.567. The van der Waals surface area contributed by atoms with E-state index in [0.717, 1.165) is 19.3 Å². The van der Waals surface area contributed by atoms with Crippen molar-refractivity contribution >= 4 is 26.6 Å². The fraction of sp³-hybridized carbons (Fsp3) is 0.261. The van der Waals surface area contributed by atoms with Crippen LogP contribution in [0.25, 0.3) is 10.8 Å². The Morgan fingerprint density at radius 2 is 1.67 bits per heavy atom. The van der Waals surface area contributed by atoms with E-state index in [1.165, 1.54) is 41.7 Å². The van der Waals surface area contributed by atoms with E-state index < -0.39 is 15.8 Å². The second kappa shape index (κ2) is 8.16. The van der Waals surface area contributed by atoms with Gasteiger partial charge in [0.1, 0.15) is 11.6 Å². The number of ether oxygens (including phenoxy) is 1. The molecule has 156 valence electrons. The van der Waals surface area contributed by atoms with Gasteiger partial charge < -0.3 is 4.74 Å². The van der Waals surface area contributed by atoms with E-state index in [1.807, 2.05) is 0 Å². The number of carbonyl (C=O) groups is 1. The van der Waals surface area contributed by atoms with Crippen LogP contribution in [0.15, 0.2) is 59.5 Å². The van der Waals surface area contributed by atoms with Gasteiger partial charge in [-0.05, 0) is 66.1 Å². The smallest absolute Gasteiger partial charge is 0.243 e. The lowest BCUT2D eigenvalue weighted by Crippen LogP contribution is -2.35. The van der Waals surface area contributed by atoms with Crippen molar-refractivity contribution in [2.45, 2.75) is 24.2 Å².